The summed E-state index contributed by atoms with van der Waals surface area (Å²) in [5, 5.41) is 12.0. The van der Waals surface area contributed by atoms with Gasteiger partial charge in [-0.3, -0.25) is 5.10 Å². The van der Waals surface area contributed by atoms with Gasteiger partial charge in [0.1, 0.15) is 17.9 Å². The maximum Gasteiger partial charge on any atom is 0.221 e. The Balaban J connectivity index is 1.62. The van der Waals surface area contributed by atoms with E-state index >= 15 is 0 Å². The Kier molecular flexibility index (Phi) is 4.32. The smallest absolute Gasteiger partial charge is 0.221 e. The first-order valence-electron chi connectivity index (χ1n) is 8.02. The van der Waals surface area contributed by atoms with Gasteiger partial charge in [0.15, 0.2) is 5.82 Å². The summed E-state index contributed by atoms with van der Waals surface area (Å²) in [5.74, 6) is 0.686. The lowest BCUT2D eigenvalue weighted by Crippen LogP contribution is -2.05. The molecule has 0 aliphatic rings. The maximum absolute atomic E-state index is 13.2. The molecule has 3 heterocycles. The number of benzene rings is 1. The Morgan fingerprint density at radius 2 is 2.08 bits per heavy atom. The molecule has 3 aromatic heterocycles. The summed E-state index contributed by atoms with van der Waals surface area (Å²) >= 11 is 0. The van der Waals surface area contributed by atoms with E-state index in [4.69, 9.17) is 9.47 Å². The first-order chi connectivity index (χ1) is 12.7. The molecule has 1 aromatic carbocycles. The fourth-order valence-corrected chi connectivity index (χ4v) is 2.67. The van der Waals surface area contributed by atoms with Gasteiger partial charge in [-0.15, -0.1) is 0 Å². The van der Waals surface area contributed by atoms with Crippen molar-refractivity contribution in [2.24, 2.45) is 0 Å². The number of nitrogens with one attached hydrogen (secondary N) is 2. The van der Waals surface area contributed by atoms with Gasteiger partial charge in [0, 0.05) is 30.4 Å². The zero-order chi connectivity index (χ0) is 17.9. The molecule has 0 aliphatic heterocycles. The molecule has 0 unspecified atom stereocenters. The van der Waals surface area contributed by atoms with Gasteiger partial charge in [-0.05, 0) is 29.7 Å². The van der Waals surface area contributed by atoms with Gasteiger partial charge >= 0.3 is 0 Å². The standard InChI is InChI=1S/C18H16FN5O2/c1-25-6-7-26-18-14-3-2-13(8-11(14)4-5-20-18)22-17-16-15(23-24-17)9-12(19)10-21-16/h2-5,8-10H,6-7H2,1H3,(H2,22,23,24). The molecule has 2 N–H and O–H groups in total. The lowest BCUT2D eigenvalue weighted by molar-refractivity contribution is 0.144. The fraction of sp³-hybridized carbons (Fsp3) is 0.167. The first kappa shape index (κ1) is 16.2. The number of methoxy groups -OCH3 is 1. The van der Waals surface area contributed by atoms with Crippen molar-refractivity contribution in [2.45, 2.75) is 0 Å². The van der Waals surface area contributed by atoms with E-state index in [1.807, 2.05) is 24.3 Å². The second kappa shape index (κ2) is 6.93. The number of ether oxygens (including phenoxy) is 2. The van der Waals surface area contributed by atoms with E-state index in [0.29, 0.717) is 35.9 Å². The highest BCUT2D eigenvalue weighted by Crippen LogP contribution is 2.28. The van der Waals surface area contributed by atoms with Crippen LogP contribution in [0.1, 0.15) is 0 Å². The zero-order valence-corrected chi connectivity index (χ0v) is 14.0. The number of rotatable bonds is 6. The van der Waals surface area contributed by atoms with Gasteiger partial charge in [-0.1, -0.05) is 0 Å². The number of hydrogen-bond acceptors (Lipinski definition) is 6. The summed E-state index contributed by atoms with van der Waals surface area (Å²) in [4.78, 5) is 8.35. The fourth-order valence-electron chi connectivity index (χ4n) is 2.67. The SMILES string of the molecule is COCCOc1nccc2cc(Nc3n[nH]c4cc(F)cnc34)ccc12. The number of nitrogens with zero attached hydrogens (tertiary/aromatic N) is 3. The maximum atomic E-state index is 13.2. The van der Waals surface area contributed by atoms with Crippen LogP contribution in [-0.4, -0.2) is 40.5 Å². The molecule has 0 amide bonds. The minimum Gasteiger partial charge on any atom is -0.475 e. The number of aromatic nitrogens is 4. The lowest BCUT2D eigenvalue weighted by atomic mass is 10.1. The quantitative estimate of drug-likeness (QED) is 0.517. The molecule has 0 fully saturated rings. The van der Waals surface area contributed by atoms with Gasteiger partial charge in [0.25, 0.3) is 0 Å². The zero-order valence-electron chi connectivity index (χ0n) is 14.0. The molecule has 0 saturated heterocycles. The van der Waals surface area contributed by atoms with Crippen LogP contribution in [0.3, 0.4) is 0 Å². The van der Waals surface area contributed by atoms with Crippen molar-refractivity contribution in [3.05, 3.63) is 48.5 Å². The van der Waals surface area contributed by atoms with Crippen LogP contribution in [0.5, 0.6) is 5.88 Å². The van der Waals surface area contributed by atoms with Crippen LogP contribution < -0.4 is 10.1 Å². The normalized spacial score (nSPS) is 11.2. The molecular weight excluding hydrogens is 337 g/mol. The Bertz CT molecular complexity index is 1070. The van der Waals surface area contributed by atoms with Crippen molar-refractivity contribution in [3.8, 4) is 5.88 Å². The van der Waals surface area contributed by atoms with Crippen LogP contribution >= 0.6 is 0 Å². The molecule has 0 spiro atoms. The molecule has 4 aromatic rings. The van der Waals surface area contributed by atoms with Crippen molar-refractivity contribution in [3.63, 3.8) is 0 Å². The Labute approximate surface area is 148 Å². The first-order valence-corrected chi connectivity index (χ1v) is 8.02. The third kappa shape index (κ3) is 3.14. The Hall–Kier alpha value is -3.26. The van der Waals surface area contributed by atoms with Crippen LogP contribution in [0.25, 0.3) is 21.8 Å². The van der Waals surface area contributed by atoms with Gasteiger partial charge < -0.3 is 14.8 Å². The van der Waals surface area contributed by atoms with E-state index < -0.39 is 5.82 Å². The summed E-state index contributed by atoms with van der Waals surface area (Å²) in [6, 6.07) is 9.05. The van der Waals surface area contributed by atoms with E-state index in [0.717, 1.165) is 16.5 Å². The summed E-state index contributed by atoms with van der Waals surface area (Å²) < 4.78 is 23.9. The lowest BCUT2D eigenvalue weighted by Gasteiger charge is -2.09. The molecule has 0 aliphatic carbocycles. The molecule has 7 nitrogen and oxygen atoms in total. The largest absolute Gasteiger partial charge is 0.475 e. The van der Waals surface area contributed by atoms with Crippen molar-refractivity contribution in [1.29, 1.82) is 0 Å². The van der Waals surface area contributed by atoms with Gasteiger partial charge in [0.2, 0.25) is 5.88 Å². The molecule has 0 saturated carbocycles. The van der Waals surface area contributed by atoms with Crippen LogP contribution in [0.15, 0.2) is 42.7 Å². The average molecular weight is 353 g/mol. The van der Waals surface area contributed by atoms with Gasteiger partial charge in [-0.25, -0.2) is 14.4 Å². The highest BCUT2D eigenvalue weighted by atomic mass is 19.1. The highest BCUT2D eigenvalue weighted by Gasteiger charge is 2.10. The van der Waals surface area contributed by atoms with Crippen molar-refractivity contribution in [2.75, 3.05) is 25.6 Å². The summed E-state index contributed by atoms with van der Waals surface area (Å²) in [7, 11) is 1.62. The molecule has 26 heavy (non-hydrogen) atoms. The second-order valence-corrected chi connectivity index (χ2v) is 5.64. The number of halogens is 1. The monoisotopic (exact) mass is 353 g/mol. The van der Waals surface area contributed by atoms with E-state index in [9.17, 15) is 4.39 Å². The van der Waals surface area contributed by atoms with Crippen LogP contribution in [0, 0.1) is 5.82 Å². The molecule has 4 rings (SSSR count). The number of anilines is 2. The Morgan fingerprint density at radius 1 is 1.15 bits per heavy atom. The van der Waals surface area contributed by atoms with Crippen molar-refractivity contribution < 1.29 is 13.9 Å². The molecule has 0 radical (unpaired) electrons. The Morgan fingerprint density at radius 3 is 2.96 bits per heavy atom. The van der Waals surface area contributed by atoms with E-state index in [1.165, 1.54) is 12.3 Å². The molecular formula is C18H16FN5O2. The van der Waals surface area contributed by atoms with Crippen LogP contribution in [0.4, 0.5) is 15.9 Å². The minimum atomic E-state index is -0.410. The number of aromatic amines is 1. The van der Waals surface area contributed by atoms with E-state index in [-0.39, 0.29) is 0 Å². The molecule has 0 bridgehead atoms. The number of H-pyrrole nitrogens is 1. The van der Waals surface area contributed by atoms with Gasteiger partial charge in [0.05, 0.1) is 18.3 Å². The van der Waals surface area contributed by atoms with E-state index in [1.54, 1.807) is 13.3 Å². The predicted molar refractivity (Wildman–Crippen MR) is 96.2 cm³/mol. The molecule has 132 valence electrons. The summed E-state index contributed by atoms with van der Waals surface area (Å²) in [5.41, 5.74) is 1.93. The number of fused-ring (bicyclic) bond motifs is 2. The van der Waals surface area contributed by atoms with E-state index in [2.05, 4.69) is 25.5 Å². The number of pyridine rings is 2. The summed E-state index contributed by atoms with van der Waals surface area (Å²) in [6.07, 6.45) is 2.86. The number of hydrogen-bond donors (Lipinski definition) is 2. The van der Waals surface area contributed by atoms with Crippen LogP contribution in [0.2, 0.25) is 0 Å². The van der Waals surface area contributed by atoms with Gasteiger partial charge in [-0.2, -0.15) is 5.10 Å². The third-order valence-corrected chi connectivity index (χ3v) is 3.88. The second-order valence-electron chi connectivity index (χ2n) is 5.64. The van der Waals surface area contributed by atoms with Crippen LogP contribution in [-0.2, 0) is 4.74 Å². The third-order valence-electron chi connectivity index (χ3n) is 3.88. The molecule has 0 atom stereocenters. The highest BCUT2D eigenvalue weighted by molar-refractivity contribution is 5.92. The topological polar surface area (TPSA) is 85.0 Å². The summed E-state index contributed by atoms with van der Waals surface area (Å²) in [6.45, 7) is 0.932. The van der Waals surface area contributed by atoms with Crippen molar-refractivity contribution >= 4 is 33.3 Å². The molecule has 8 heteroatoms. The average Bonchev–Trinajstić information content (AvgIpc) is 3.03. The minimum absolute atomic E-state index is 0.410. The van der Waals surface area contributed by atoms with Crippen molar-refractivity contribution in [1.82, 2.24) is 20.2 Å². The predicted octanol–water partition coefficient (Wildman–Crippen LogP) is 3.41.